The third-order valence-electron chi connectivity index (χ3n) is 5.57. The van der Waals surface area contributed by atoms with Gasteiger partial charge in [-0.2, -0.15) is 12.7 Å². The summed E-state index contributed by atoms with van der Waals surface area (Å²) in [6.07, 6.45) is 0. The summed E-state index contributed by atoms with van der Waals surface area (Å²) in [5.74, 6) is -1.68. The molecule has 36 heavy (non-hydrogen) atoms. The third-order valence-corrected chi connectivity index (χ3v) is 7.38. The van der Waals surface area contributed by atoms with Crippen molar-refractivity contribution in [1.29, 1.82) is 0 Å². The molecule has 3 rings (SSSR count). The van der Waals surface area contributed by atoms with E-state index >= 15 is 0 Å². The predicted molar refractivity (Wildman–Crippen MR) is 140 cm³/mol. The number of benzene rings is 3. The summed E-state index contributed by atoms with van der Waals surface area (Å²) in [5, 5.41) is 2.61. The number of hydrogen-bond donors (Lipinski definition) is 1. The van der Waals surface area contributed by atoms with Crippen LogP contribution in [0.3, 0.4) is 0 Å². The molecule has 1 N–H and O–H groups in total. The summed E-state index contributed by atoms with van der Waals surface area (Å²) in [4.78, 5) is 25.8. The molecule has 0 heterocycles. The lowest BCUT2D eigenvalue weighted by molar-refractivity contribution is -0.114. The Labute approximate surface area is 211 Å². The van der Waals surface area contributed by atoms with Crippen LogP contribution in [0.4, 0.5) is 15.8 Å². The first-order valence-electron chi connectivity index (χ1n) is 11.3. The van der Waals surface area contributed by atoms with E-state index in [4.69, 9.17) is 0 Å². The average molecular weight is 512 g/mol. The number of carbonyl (C=O) groups excluding carboxylic acids is 2. The van der Waals surface area contributed by atoms with E-state index in [1.807, 2.05) is 12.1 Å². The van der Waals surface area contributed by atoms with Gasteiger partial charge in [-0.25, -0.2) is 8.70 Å². The SMILES string of the molecule is CN(C)S(=O)(=O)N(CC(=O)Nc1cccc(C(=O)c2ccc(C(C)(C)C)cc2)c1)c1ccccc1F. The summed E-state index contributed by atoms with van der Waals surface area (Å²) in [6, 6.07) is 19.1. The summed E-state index contributed by atoms with van der Waals surface area (Å²) in [7, 11) is -1.57. The second-order valence-electron chi connectivity index (χ2n) is 9.53. The molecular weight excluding hydrogens is 481 g/mol. The van der Waals surface area contributed by atoms with Crippen molar-refractivity contribution in [2.24, 2.45) is 0 Å². The zero-order valence-corrected chi connectivity index (χ0v) is 21.8. The van der Waals surface area contributed by atoms with Crippen LogP contribution in [-0.2, 0) is 20.4 Å². The van der Waals surface area contributed by atoms with Gasteiger partial charge >= 0.3 is 10.2 Å². The summed E-state index contributed by atoms with van der Waals surface area (Å²) in [6.45, 7) is 5.61. The number of nitrogens with one attached hydrogen (secondary N) is 1. The summed E-state index contributed by atoms with van der Waals surface area (Å²) >= 11 is 0. The molecule has 0 saturated heterocycles. The van der Waals surface area contributed by atoms with Gasteiger partial charge in [0.1, 0.15) is 12.4 Å². The first kappa shape index (κ1) is 27.0. The van der Waals surface area contributed by atoms with E-state index in [0.29, 0.717) is 21.1 Å². The van der Waals surface area contributed by atoms with Crippen molar-refractivity contribution in [2.45, 2.75) is 26.2 Å². The van der Waals surface area contributed by atoms with Gasteiger partial charge in [-0.05, 0) is 35.2 Å². The highest BCUT2D eigenvalue weighted by atomic mass is 32.2. The number of halogens is 1. The largest absolute Gasteiger partial charge is 0.324 e. The fourth-order valence-corrected chi connectivity index (χ4v) is 4.57. The summed E-state index contributed by atoms with van der Waals surface area (Å²) < 4.78 is 41.6. The van der Waals surface area contributed by atoms with E-state index in [1.54, 1.807) is 30.3 Å². The fraction of sp³-hybridized carbons (Fsp3) is 0.259. The van der Waals surface area contributed by atoms with Gasteiger partial charge in [0.05, 0.1) is 5.69 Å². The van der Waals surface area contributed by atoms with Gasteiger partial charge in [0.25, 0.3) is 0 Å². The van der Waals surface area contributed by atoms with Crippen LogP contribution in [0, 0.1) is 5.82 Å². The molecule has 0 unspecified atom stereocenters. The van der Waals surface area contributed by atoms with Gasteiger partial charge < -0.3 is 5.32 Å². The Balaban J connectivity index is 1.81. The molecule has 0 spiro atoms. The number of anilines is 2. The number of rotatable bonds is 8. The fourth-order valence-electron chi connectivity index (χ4n) is 3.50. The smallest absolute Gasteiger partial charge is 0.304 e. The van der Waals surface area contributed by atoms with Crippen LogP contribution >= 0.6 is 0 Å². The van der Waals surface area contributed by atoms with Crippen molar-refractivity contribution in [3.05, 3.63) is 95.3 Å². The van der Waals surface area contributed by atoms with Crippen LogP contribution in [0.15, 0.2) is 72.8 Å². The highest BCUT2D eigenvalue weighted by molar-refractivity contribution is 7.90. The van der Waals surface area contributed by atoms with E-state index in [0.717, 1.165) is 15.9 Å². The van der Waals surface area contributed by atoms with Crippen LogP contribution in [0.5, 0.6) is 0 Å². The molecule has 0 aliphatic heterocycles. The first-order chi connectivity index (χ1) is 16.8. The molecule has 0 bridgehead atoms. The monoisotopic (exact) mass is 511 g/mol. The molecule has 9 heteroatoms. The van der Waals surface area contributed by atoms with E-state index in [1.165, 1.54) is 38.4 Å². The van der Waals surface area contributed by atoms with Crippen molar-refractivity contribution < 1.29 is 22.4 Å². The van der Waals surface area contributed by atoms with Crippen molar-refractivity contribution in [1.82, 2.24) is 4.31 Å². The van der Waals surface area contributed by atoms with Gasteiger partial charge in [0.15, 0.2) is 5.78 Å². The maximum absolute atomic E-state index is 14.4. The molecule has 0 aromatic heterocycles. The molecule has 0 saturated carbocycles. The molecule has 0 fully saturated rings. The van der Waals surface area contributed by atoms with Crippen molar-refractivity contribution >= 4 is 33.3 Å². The molecule has 7 nitrogen and oxygen atoms in total. The number of ketones is 1. The Morgan fingerprint density at radius 3 is 2.11 bits per heavy atom. The van der Waals surface area contributed by atoms with E-state index in [2.05, 4.69) is 26.1 Å². The number of amides is 1. The lowest BCUT2D eigenvalue weighted by atomic mass is 9.86. The zero-order valence-electron chi connectivity index (χ0n) is 20.9. The number of nitrogens with zero attached hydrogens (tertiary/aromatic N) is 2. The highest BCUT2D eigenvalue weighted by Gasteiger charge is 2.29. The second kappa shape index (κ2) is 10.6. The quantitative estimate of drug-likeness (QED) is 0.448. The van der Waals surface area contributed by atoms with E-state index in [-0.39, 0.29) is 16.9 Å². The molecule has 0 aliphatic rings. The molecular formula is C27H30FN3O4S. The molecule has 1 amide bonds. The van der Waals surface area contributed by atoms with Crippen LogP contribution < -0.4 is 9.62 Å². The average Bonchev–Trinajstić information content (AvgIpc) is 2.82. The Morgan fingerprint density at radius 1 is 0.889 bits per heavy atom. The second-order valence-corrected chi connectivity index (χ2v) is 11.6. The van der Waals surface area contributed by atoms with Crippen molar-refractivity contribution in [3.63, 3.8) is 0 Å². The predicted octanol–water partition coefficient (Wildman–Crippen LogP) is 4.61. The van der Waals surface area contributed by atoms with Gasteiger partial charge in [0, 0.05) is 30.9 Å². The maximum Gasteiger partial charge on any atom is 0.304 e. The van der Waals surface area contributed by atoms with Crippen molar-refractivity contribution in [2.75, 3.05) is 30.3 Å². The van der Waals surface area contributed by atoms with Crippen LogP contribution in [0.25, 0.3) is 0 Å². The summed E-state index contributed by atoms with van der Waals surface area (Å²) in [5.41, 5.74) is 2.00. The molecule has 0 radical (unpaired) electrons. The molecule has 0 aliphatic carbocycles. The lowest BCUT2D eigenvalue weighted by Crippen LogP contribution is -2.44. The number of hydrogen-bond acceptors (Lipinski definition) is 4. The van der Waals surface area contributed by atoms with Gasteiger partial charge in [0.2, 0.25) is 5.91 Å². The molecule has 190 valence electrons. The minimum absolute atomic E-state index is 0.0393. The normalized spacial score (nSPS) is 11.9. The van der Waals surface area contributed by atoms with Gasteiger partial charge in [-0.3, -0.25) is 9.59 Å². The minimum Gasteiger partial charge on any atom is -0.324 e. The topological polar surface area (TPSA) is 86.8 Å². The van der Waals surface area contributed by atoms with Crippen LogP contribution in [-0.4, -0.2) is 45.1 Å². The van der Waals surface area contributed by atoms with Crippen molar-refractivity contribution in [3.8, 4) is 0 Å². The maximum atomic E-state index is 14.4. The third kappa shape index (κ3) is 6.16. The van der Waals surface area contributed by atoms with Crippen LogP contribution in [0.2, 0.25) is 0 Å². The Bertz CT molecular complexity index is 1360. The zero-order chi connectivity index (χ0) is 26.7. The minimum atomic E-state index is -4.16. The Morgan fingerprint density at radius 2 is 1.53 bits per heavy atom. The standard InChI is InChI=1S/C27H30FN3O4S/c1-27(2,3)21-15-13-19(14-16-21)26(33)20-9-8-10-22(17-20)29-25(32)18-31(36(34,35)30(4)5)24-12-7-6-11-23(24)28/h6-17H,18H2,1-5H3,(H,29,32). The van der Waals surface area contributed by atoms with E-state index < -0.39 is 28.5 Å². The lowest BCUT2D eigenvalue weighted by Gasteiger charge is -2.27. The molecule has 3 aromatic rings. The number of carbonyl (C=O) groups is 2. The molecule has 3 aromatic carbocycles. The Hall–Kier alpha value is -3.56. The van der Waals surface area contributed by atoms with E-state index in [9.17, 15) is 22.4 Å². The first-order valence-corrected chi connectivity index (χ1v) is 12.7. The number of para-hydroxylation sites is 1. The molecule has 0 atom stereocenters. The van der Waals surface area contributed by atoms with Crippen LogP contribution in [0.1, 0.15) is 42.3 Å². The van der Waals surface area contributed by atoms with Gasteiger partial charge in [-0.1, -0.05) is 69.3 Å². The Kier molecular flexibility index (Phi) is 7.96. The van der Waals surface area contributed by atoms with Gasteiger partial charge in [-0.15, -0.1) is 0 Å². The highest BCUT2D eigenvalue weighted by Crippen LogP contribution is 2.25.